The normalized spacial score (nSPS) is 22.0. The molecule has 7 aliphatic rings. The molecular weight excluding hydrogens is 1160 g/mol. The molecule has 2 saturated carbocycles. The maximum Gasteiger partial charge on any atom is 0.494 e. The van der Waals surface area contributed by atoms with E-state index >= 15 is 8.78 Å². The monoisotopic (exact) mass is 1230 g/mol. The molecule has 4 atom stereocenters. The van der Waals surface area contributed by atoms with Crippen LogP contribution in [-0.4, -0.2) is 80.2 Å². The number of benzene rings is 4. The maximum absolute atomic E-state index is 15.2. The largest absolute Gasteiger partial charge is 0.494 e. The van der Waals surface area contributed by atoms with Crippen LogP contribution in [0.3, 0.4) is 0 Å². The summed E-state index contributed by atoms with van der Waals surface area (Å²) in [5.41, 5.74) is 9.75. The molecule has 3 saturated heterocycles. The molecule has 4 unspecified atom stereocenters. The van der Waals surface area contributed by atoms with Crippen LogP contribution >= 0.6 is 11.6 Å². The number of ether oxygens (including phenoxy) is 2. The number of halogens is 3. The quantitative estimate of drug-likeness (QED) is 0.104. The van der Waals surface area contributed by atoms with Crippen LogP contribution in [0.25, 0.3) is 54.9 Å². The Morgan fingerprint density at radius 2 is 1.07 bits per heavy atom. The van der Waals surface area contributed by atoms with Gasteiger partial charge in [-0.05, 0) is 222 Å². The topological polar surface area (TPSA) is 168 Å². The summed E-state index contributed by atoms with van der Waals surface area (Å²) < 4.78 is 61.5. The highest BCUT2D eigenvalue weighted by molar-refractivity contribution is 6.62. The summed E-state index contributed by atoms with van der Waals surface area (Å²) in [5, 5.41) is 12.8. The first kappa shape index (κ1) is 58.8. The highest BCUT2D eigenvalue weighted by Crippen LogP contribution is 2.44. The summed E-state index contributed by atoms with van der Waals surface area (Å²) in [6, 6.07) is 23.4. The number of aryl methyl sites for hydroxylation is 2. The fourth-order valence-electron chi connectivity index (χ4n) is 14.2. The highest BCUT2D eigenvalue weighted by atomic mass is 35.5. The van der Waals surface area contributed by atoms with Crippen molar-refractivity contribution in [2.75, 3.05) is 13.2 Å². The van der Waals surface area contributed by atoms with Gasteiger partial charge in [0.2, 0.25) is 0 Å². The zero-order valence-corrected chi connectivity index (χ0v) is 52.0. The van der Waals surface area contributed by atoms with Crippen molar-refractivity contribution in [1.82, 2.24) is 48.6 Å². The van der Waals surface area contributed by atoms with E-state index in [0.717, 1.165) is 177 Å². The van der Waals surface area contributed by atoms with Crippen LogP contribution in [0, 0.1) is 11.6 Å². The molecule has 10 aromatic rings. The van der Waals surface area contributed by atoms with Crippen LogP contribution in [0.15, 0.2) is 120 Å². The lowest BCUT2D eigenvalue weighted by molar-refractivity contribution is -0.0371. The number of fused-ring (bicyclic) bond motifs is 6. The smallest absolute Gasteiger partial charge is 0.399 e. The Morgan fingerprint density at radius 1 is 0.556 bits per heavy atom. The minimum atomic E-state index is -0.408. The molecule has 5 fully saturated rings. The van der Waals surface area contributed by atoms with E-state index in [1.165, 1.54) is 17.5 Å². The minimum Gasteiger partial charge on any atom is -0.399 e. The fourth-order valence-corrected chi connectivity index (χ4v) is 14.3. The summed E-state index contributed by atoms with van der Waals surface area (Å²) in [6.07, 6.45) is 26.4. The molecule has 17 rings (SSSR count). The van der Waals surface area contributed by atoms with Gasteiger partial charge < -0.3 is 27.9 Å². The summed E-state index contributed by atoms with van der Waals surface area (Å²) in [5.74, 6) is 0.0829. The molecule has 0 bridgehead atoms. The van der Waals surface area contributed by atoms with E-state index in [0.29, 0.717) is 27.8 Å². The number of nitrogens with zero attached hydrogens (tertiary/aromatic N) is 10. The first-order valence-electron chi connectivity index (χ1n) is 32.2. The van der Waals surface area contributed by atoms with Gasteiger partial charge in [-0.3, -0.25) is 9.59 Å². The predicted octanol–water partition coefficient (Wildman–Crippen LogP) is 13.9. The van der Waals surface area contributed by atoms with Crippen LogP contribution in [0.4, 0.5) is 8.78 Å². The van der Waals surface area contributed by atoms with Crippen molar-refractivity contribution < 1.29 is 27.6 Å². The third kappa shape index (κ3) is 10.9. The predicted molar refractivity (Wildman–Crippen MR) is 343 cm³/mol. The van der Waals surface area contributed by atoms with Crippen molar-refractivity contribution in [3.8, 4) is 11.3 Å². The first-order valence-corrected chi connectivity index (χ1v) is 32.6. The lowest BCUT2D eigenvalue weighted by Crippen LogP contribution is -2.41. The molecule has 0 amide bonds. The first-order chi connectivity index (χ1) is 43.7. The molecule has 0 radical (unpaired) electrons. The Hall–Kier alpha value is -7.55. The van der Waals surface area contributed by atoms with E-state index in [-0.39, 0.29) is 46.4 Å². The second kappa shape index (κ2) is 23.6. The van der Waals surface area contributed by atoms with E-state index in [4.69, 9.17) is 30.4 Å². The lowest BCUT2D eigenvalue weighted by Gasteiger charge is -2.32. The molecular formula is C70H72BClF2N10O6. The molecule has 0 spiro atoms. The number of aromatic nitrogens is 10. The van der Waals surface area contributed by atoms with E-state index in [2.05, 4.69) is 88.2 Å². The van der Waals surface area contributed by atoms with Crippen LogP contribution in [0.1, 0.15) is 187 Å². The molecule has 462 valence electrons. The average molecular weight is 1230 g/mol. The molecule has 16 nitrogen and oxygen atoms in total. The maximum atomic E-state index is 15.2. The molecule has 9 heterocycles. The second-order valence-corrected chi connectivity index (χ2v) is 26.9. The Kier molecular flexibility index (Phi) is 15.4. The summed E-state index contributed by atoms with van der Waals surface area (Å²) in [6.45, 7) is 9.75. The van der Waals surface area contributed by atoms with Crippen molar-refractivity contribution in [3.63, 3.8) is 0 Å². The standard InChI is InChI=1S/C32H30FN5O2.C28H31BFNO3.C10H11ClN4O/c33-26-16-23(19-7-8-19)15-21-11-12-37(32(39)29(21)26)27-5-3-4-20-14-22(9-10-24(20)27)30-25-17-36-38(31(25)35-18-34-30)28-6-1-2-13-40-28;1-27(2)28(3,4)34-29(33-27)21-10-11-22-18(15-21)6-5-7-24(22)31-13-12-19-14-20(17-8-9-17)16-23(30)25(19)26(31)32;11-9-7-5-14-15(10(7)13-6-12-9)8-3-1-2-4-16-8/h9-12,14-19,27-28H,1-8,13H2;10-17,24H,5-9H2,1-4H3;5-6,8H,1-4H2. The molecule has 4 aliphatic carbocycles. The van der Waals surface area contributed by atoms with Crippen molar-refractivity contribution in [1.29, 1.82) is 0 Å². The fraction of sp³-hybridized carbons (Fsp3) is 0.429. The third-order valence-corrected chi connectivity index (χ3v) is 20.3. The molecule has 90 heavy (non-hydrogen) atoms. The van der Waals surface area contributed by atoms with Crippen LogP contribution in [0.5, 0.6) is 0 Å². The van der Waals surface area contributed by atoms with Crippen molar-refractivity contribution in [2.24, 2.45) is 0 Å². The Morgan fingerprint density at radius 3 is 1.60 bits per heavy atom. The third-order valence-electron chi connectivity index (χ3n) is 20.0. The van der Waals surface area contributed by atoms with Crippen molar-refractivity contribution in [3.05, 3.63) is 181 Å². The summed E-state index contributed by atoms with van der Waals surface area (Å²) >= 11 is 5.96. The van der Waals surface area contributed by atoms with Gasteiger partial charge in [-0.1, -0.05) is 54.1 Å². The molecule has 20 heteroatoms. The number of hydrogen-bond donors (Lipinski definition) is 0. The Labute approximate surface area is 525 Å². The van der Waals surface area contributed by atoms with Crippen LogP contribution in [0.2, 0.25) is 5.15 Å². The SMILES string of the molecule is CC1(C)OB(c2ccc3c(c2)CCCC3n2ccc3cc(C4CC4)cc(F)c3c2=O)OC1(C)C.Clc1ncnc2c1cnn2C1CCCCO1.O=c1c2c(F)cc(C3CC3)cc2ccn1C1CCCc2cc(-c3ncnc4c3cnn4C3CCCCO3)ccc21. The molecule has 0 N–H and O–H groups in total. The minimum absolute atomic E-state index is 0.0165. The van der Waals surface area contributed by atoms with Gasteiger partial charge in [0, 0.05) is 31.2 Å². The summed E-state index contributed by atoms with van der Waals surface area (Å²) in [4.78, 5) is 44.4. The Bertz CT molecular complexity index is 4530. The summed E-state index contributed by atoms with van der Waals surface area (Å²) in [7, 11) is -0.408. The zero-order valence-electron chi connectivity index (χ0n) is 51.2. The van der Waals surface area contributed by atoms with E-state index in [1.54, 1.807) is 38.5 Å². The molecule has 3 aliphatic heterocycles. The van der Waals surface area contributed by atoms with Crippen LogP contribution in [-0.2, 0) is 31.6 Å². The van der Waals surface area contributed by atoms with Gasteiger partial charge in [-0.25, -0.2) is 38.1 Å². The van der Waals surface area contributed by atoms with Gasteiger partial charge in [0.05, 0.1) is 62.9 Å². The van der Waals surface area contributed by atoms with Gasteiger partial charge in [-0.15, -0.1) is 0 Å². The zero-order chi connectivity index (χ0) is 61.6. The van der Waals surface area contributed by atoms with Gasteiger partial charge >= 0.3 is 7.12 Å². The van der Waals surface area contributed by atoms with Crippen LogP contribution < -0.4 is 16.6 Å². The van der Waals surface area contributed by atoms with Crippen molar-refractivity contribution in [2.45, 2.75) is 178 Å². The average Bonchev–Trinajstić information content (AvgIpc) is 0.889. The van der Waals surface area contributed by atoms with Crippen molar-refractivity contribution >= 4 is 67.8 Å². The van der Waals surface area contributed by atoms with E-state index < -0.39 is 30.0 Å². The molecule has 4 aromatic carbocycles. The van der Waals surface area contributed by atoms with E-state index in [1.807, 2.05) is 53.6 Å². The number of rotatable bonds is 8. The van der Waals surface area contributed by atoms with Gasteiger partial charge in [0.25, 0.3) is 11.1 Å². The Balaban J connectivity index is 0.000000122. The highest BCUT2D eigenvalue weighted by Gasteiger charge is 2.52. The lowest BCUT2D eigenvalue weighted by atomic mass is 9.75. The van der Waals surface area contributed by atoms with E-state index in [9.17, 15) is 9.59 Å². The van der Waals surface area contributed by atoms with Gasteiger partial charge in [-0.2, -0.15) is 10.2 Å². The van der Waals surface area contributed by atoms with Gasteiger partial charge in [0.1, 0.15) is 29.4 Å². The van der Waals surface area contributed by atoms with Gasteiger partial charge in [0.15, 0.2) is 23.8 Å². The number of hydrogen-bond acceptors (Lipinski definition) is 12. The second-order valence-electron chi connectivity index (χ2n) is 26.5. The number of pyridine rings is 2. The molecule has 6 aromatic heterocycles.